The summed E-state index contributed by atoms with van der Waals surface area (Å²) >= 11 is 0. The van der Waals surface area contributed by atoms with E-state index in [0.29, 0.717) is 17.4 Å². The number of hydrogen-bond donors (Lipinski definition) is 4. The van der Waals surface area contributed by atoms with Crippen molar-refractivity contribution in [1.29, 1.82) is 0 Å². The maximum absolute atomic E-state index is 11.1. The van der Waals surface area contributed by atoms with Gasteiger partial charge in [0, 0.05) is 0 Å². The van der Waals surface area contributed by atoms with E-state index in [-0.39, 0.29) is 6.42 Å². The summed E-state index contributed by atoms with van der Waals surface area (Å²) < 4.78 is 0.558. The largest absolute Gasteiger partial charge is 0.481 e. The van der Waals surface area contributed by atoms with Crippen molar-refractivity contribution in [3.8, 4) is 0 Å². The topological polar surface area (TPSA) is 107 Å². The van der Waals surface area contributed by atoms with E-state index in [1.54, 1.807) is 6.92 Å². The molecule has 0 bridgehead atoms. The van der Waals surface area contributed by atoms with Crippen molar-refractivity contribution >= 4 is 11.9 Å². The molecule has 0 saturated carbocycles. The van der Waals surface area contributed by atoms with Crippen LogP contribution in [0.2, 0.25) is 0 Å². The molecule has 0 aromatic heterocycles. The van der Waals surface area contributed by atoms with E-state index in [0.717, 1.165) is 64.3 Å². The fourth-order valence-electron chi connectivity index (χ4n) is 4.29. The first-order chi connectivity index (χ1) is 16.5. The van der Waals surface area contributed by atoms with Gasteiger partial charge in [-0.15, -0.1) is 0 Å². The number of allylic oxidation sites excluding steroid dienone is 4. The maximum Gasteiger partial charge on any atom is 0.320 e. The molecule has 7 heteroatoms. The van der Waals surface area contributed by atoms with Gasteiger partial charge in [0.15, 0.2) is 0 Å². The second-order valence-electron chi connectivity index (χ2n) is 10.9. The van der Waals surface area contributed by atoms with Gasteiger partial charge in [-0.05, 0) is 58.4 Å². The van der Waals surface area contributed by atoms with E-state index in [9.17, 15) is 14.7 Å². The zero-order valence-electron chi connectivity index (χ0n) is 22.8. The average Bonchev–Trinajstić information content (AvgIpc) is 2.73. The lowest BCUT2D eigenvalue weighted by molar-refractivity contribution is -0.877. The number of rotatable bonds is 23. The van der Waals surface area contributed by atoms with Gasteiger partial charge in [-0.2, -0.15) is 0 Å². The Kier molecular flexibility index (Phi) is 18.5. The number of quaternary nitrogens is 1. The Labute approximate surface area is 213 Å². The predicted octanol–water partition coefficient (Wildman–Crippen LogP) is 5.14. The zero-order valence-corrected chi connectivity index (χ0v) is 22.8. The minimum atomic E-state index is -1.12. The molecule has 1 unspecified atom stereocenters. The predicted molar refractivity (Wildman–Crippen MR) is 144 cm³/mol. The number of nitrogens with zero attached hydrogens (tertiary/aromatic N) is 1. The minimum absolute atomic E-state index is 0.183. The average molecular weight is 498 g/mol. The number of likely N-dealkylation sites (N-methyl/N-ethyl adjacent to an activating group) is 1. The van der Waals surface area contributed by atoms with Crippen LogP contribution in [0.3, 0.4) is 0 Å². The number of aliphatic carboxylic acids is 2. The van der Waals surface area contributed by atoms with Crippen molar-refractivity contribution in [3.05, 3.63) is 24.3 Å². The van der Waals surface area contributed by atoms with Gasteiger partial charge in [0.2, 0.25) is 0 Å². The summed E-state index contributed by atoms with van der Waals surface area (Å²) in [6.07, 6.45) is 22.3. The Morgan fingerprint density at radius 3 is 1.86 bits per heavy atom. The third-order valence-electron chi connectivity index (χ3n) is 5.99. The SMILES string of the molecule is C[C@H](NCCCCC/C=C\C/C=C\CCCCCCCCC(O)(CC(=O)O)C[N+](C)(C)C)C(=O)O. The van der Waals surface area contributed by atoms with Crippen molar-refractivity contribution in [3.63, 3.8) is 0 Å². The second-order valence-corrected chi connectivity index (χ2v) is 10.9. The maximum atomic E-state index is 11.1. The molecule has 204 valence electrons. The number of carbonyl (C=O) groups is 2. The molecule has 35 heavy (non-hydrogen) atoms. The van der Waals surface area contributed by atoms with Gasteiger partial charge in [-0.3, -0.25) is 9.59 Å². The van der Waals surface area contributed by atoms with E-state index in [1.807, 2.05) is 21.1 Å². The number of hydrogen-bond acceptors (Lipinski definition) is 4. The molecule has 0 aromatic carbocycles. The summed E-state index contributed by atoms with van der Waals surface area (Å²) in [4.78, 5) is 21.8. The van der Waals surface area contributed by atoms with E-state index in [2.05, 4.69) is 29.6 Å². The summed E-state index contributed by atoms with van der Waals surface area (Å²) in [5.74, 6) is -1.73. The Hall–Kier alpha value is -1.70. The van der Waals surface area contributed by atoms with Crippen LogP contribution in [-0.4, -0.2) is 77.6 Å². The lowest BCUT2D eigenvalue weighted by Gasteiger charge is -2.34. The second kappa shape index (κ2) is 19.5. The summed E-state index contributed by atoms with van der Waals surface area (Å²) in [7, 11) is 5.94. The zero-order chi connectivity index (χ0) is 26.6. The molecule has 0 spiro atoms. The molecule has 0 aliphatic heterocycles. The van der Waals surface area contributed by atoms with Crippen LogP contribution in [0.25, 0.3) is 0 Å². The fourth-order valence-corrected chi connectivity index (χ4v) is 4.29. The minimum Gasteiger partial charge on any atom is -0.481 e. The molecule has 0 saturated heterocycles. The summed E-state index contributed by atoms with van der Waals surface area (Å²) in [6, 6.07) is -0.468. The molecule has 0 rings (SSSR count). The summed E-state index contributed by atoms with van der Waals surface area (Å²) in [5.41, 5.74) is -1.12. The molecule has 0 amide bonds. The van der Waals surface area contributed by atoms with Crippen molar-refractivity contribution in [1.82, 2.24) is 5.32 Å². The molecule has 0 radical (unpaired) electrons. The van der Waals surface area contributed by atoms with Crippen LogP contribution in [0, 0.1) is 0 Å². The number of carboxylic acids is 2. The molecular weight excluding hydrogens is 444 g/mol. The van der Waals surface area contributed by atoms with Crippen LogP contribution in [-0.2, 0) is 9.59 Å². The van der Waals surface area contributed by atoms with Crippen molar-refractivity contribution < 1.29 is 29.4 Å². The third-order valence-corrected chi connectivity index (χ3v) is 5.99. The third kappa shape index (κ3) is 22.5. The Morgan fingerprint density at radius 1 is 0.829 bits per heavy atom. The van der Waals surface area contributed by atoms with E-state index in [1.165, 1.54) is 19.3 Å². The fraction of sp³-hybridized carbons (Fsp3) is 0.786. The quantitative estimate of drug-likeness (QED) is 0.0884. The van der Waals surface area contributed by atoms with Gasteiger partial charge < -0.3 is 25.1 Å². The van der Waals surface area contributed by atoms with E-state index >= 15 is 0 Å². The van der Waals surface area contributed by atoms with Crippen LogP contribution in [0.4, 0.5) is 0 Å². The first kappa shape index (κ1) is 33.3. The number of carboxylic acid groups (broad SMARTS) is 2. The first-order valence-electron chi connectivity index (χ1n) is 13.5. The Balaban J connectivity index is 3.64. The molecule has 0 fully saturated rings. The smallest absolute Gasteiger partial charge is 0.320 e. The van der Waals surface area contributed by atoms with Gasteiger partial charge in [0.05, 0.1) is 27.6 Å². The lowest BCUT2D eigenvalue weighted by atomic mass is 9.91. The van der Waals surface area contributed by atoms with E-state index in [4.69, 9.17) is 10.2 Å². The molecule has 2 atom stereocenters. The van der Waals surface area contributed by atoms with Crippen molar-refractivity contribution in [2.75, 3.05) is 34.2 Å². The Bertz CT molecular complexity index is 627. The summed E-state index contributed by atoms with van der Waals surface area (Å²) in [6.45, 7) is 2.88. The number of aliphatic hydroxyl groups is 1. The van der Waals surface area contributed by atoms with Gasteiger partial charge in [-0.25, -0.2) is 0 Å². The highest BCUT2D eigenvalue weighted by molar-refractivity contribution is 5.72. The van der Waals surface area contributed by atoms with Crippen LogP contribution < -0.4 is 5.32 Å². The van der Waals surface area contributed by atoms with Crippen LogP contribution in [0.1, 0.15) is 96.8 Å². The standard InChI is InChI=1S/C28H52N2O5/c1-25(27(33)34)29-22-20-18-16-14-12-10-8-6-5-7-9-11-13-15-17-19-21-28(35,23-26(31)32)24-30(2,3)4/h5-6,10,12,25,29,35H,7-9,11,13-24H2,1-4H3,(H-,31,32,33,34)/p+1/b6-5-,12-10-/t25-,28?/m0/s1. The van der Waals surface area contributed by atoms with E-state index < -0.39 is 23.6 Å². The van der Waals surface area contributed by atoms with Crippen LogP contribution in [0.5, 0.6) is 0 Å². The van der Waals surface area contributed by atoms with Crippen molar-refractivity contribution in [2.45, 2.75) is 108 Å². The summed E-state index contributed by atoms with van der Waals surface area (Å²) in [5, 5.41) is 31.7. The normalized spacial score (nSPS) is 15.0. The monoisotopic (exact) mass is 497 g/mol. The number of unbranched alkanes of at least 4 members (excludes halogenated alkanes) is 9. The highest BCUT2D eigenvalue weighted by atomic mass is 16.4. The van der Waals surface area contributed by atoms with Gasteiger partial charge in [0.25, 0.3) is 0 Å². The Morgan fingerprint density at radius 2 is 1.34 bits per heavy atom. The lowest BCUT2D eigenvalue weighted by Crippen LogP contribution is -2.50. The number of nitrogens with one attached hydrogen (secondary N) is 1. The molecule has 4 N–H and O–H groups in total. The molecule has 0 aliphatic rings. The van der Waals surface area contributed by atoms with Crippen LogP contribution in [0.15, 0.2) is 24.3 Å². The van der Waals surface area contributed by atoms with Crippen molar-refractivity contribution in [2.24, 2.45) is 0 Å². The first-order valence-corrected chi connectivity index (χ1v) is 13.5. The molecule has 0 aliphatic carbocycles. The van der Waals surface area contributed by atoms with Gasteiger partial charge in [-0.1, -0.05) is 62.8 Å². The van der Waals surface area contributed by atoms with Gasteiger partial charge in [0.1, 0.15) is 18.2 Å². The molecule has 0 heterocycles. The van der Waals surface area contributed by atoms with Gasteiger partial charge >= 0.3 is 11.9 Å². The molecule has 7 nitrogen and oxygen atoms in total. The van der Waals surface area contributed by atoms with Crippen LogP contribution >= 0.6 is 0 Å². The molecule has 0 aromatic rings. The molecular formula is C28H53N2O5+. The highest BCUT2D eigenvalue weighted by Gasteiger charge is 2.35. The highest BCUT2D eigenvalue weighted by Crippen LogP contribution is 2.23.